The molecule has 3 rings (SSSR count). The Morgan fingerprint density at radius 1 is 1.05 bits per heavy atom. The fourth-order valence-corrected chi connectivity index (χ4v) is 4.85. The summed E-state index contributed by atoms with van der Waals surface area (Å²) in [5.74, 6) is -0.0328. The molecule has 6 nitrogen and oxygen atoms in total. The van der Waals surface area contributed by atoms with Crippen molar-refractivity contribution in [3.8, 4) is 0 Å². The number of aromatic nitrogens is 2. The lowest BCUT2D eigenvalue weighted by Crippen LogP contribution is -2.46. The number of rotatable bonds is 8. The number of halogens is 3. The highest BCUT2D eigenvalue weighted by molar-refractivity contribution is 7.98. The smallest absolute Gasteiger partial charge is 0.346 e. The van der Waals surface area contributed by atoms with Crippen molar-refractivity contribution in [2.75, 3.05) is 17.3 Å². The number of aryl methyl sites for hydroxylation is 2. The van der Waals surface area contributed by atoms with E-state index in [2.05, 4.69) is 15.7 Å². The van der Waals surface area contributed by atoms with Gasteiger partial charge < -0.3 is 10.6 Å². The van der Waals surface area contributed by atoms with E-state index in [1.54, 1.807) is 68.9 Å². The average molecular weight is 533 g/mol. The first kappa shape index (κ1) is 28.3. The minimum atomic E-state index is -4.51. The van der Waals surface area contributed by atoms with Crippen LogP contribution in [-0.4, -0.2) is 39.1 Å². The van der Waals surface area contributed by atoms with E-state index in [1.165, 1.54) is 10.9 Å². The van der Waals surface area contributed by atoms with Crippen molar-refractivity contribution in [3.05, 3.63) is 82.2 Å². The van der Waals surface area contributed by atoms with E-state index >= 15 is 0 Å². The molecule has 10 heteroatoms. The summed E-state index contributed by atoms with van der Waals surface area (Å²) in [4.78, 5) is 26.4. The Balaban J connectivity index is 1.82. The highest BCUT2D eigenvalue weighted by Crippen LogP contribution is 2.30. The van der Waals surface area contributed by atoms with E-state index in [-0.39, 0.29) is 11.5 Å². The zero-order valence-electron chi connectivity index (χ0n) is 21.7. The van der Waals surface area contributed by atoms with Gasteiger partial charge in [-0.2, -0.15) is 30.0 Å². The minimum Gasteiger partial charge on any atom is -0.346 e. The van der Waals surface area contributed by atoms with E-state index in [0.717, 1.165) is 17.2 Å². The number of hydrogen-bond acceptors (Lipinski definition) is 4. The molecular formula is C27H31F3N4O2S. The predicted octanol–water partition coefficient (Wildman–Crippen LogP) is 6.25. The summed E-state index contributed by atoms with van der Waals surface area (Å²) >= 11 is 1.62. The summed E-state index contributed by atoms with van der Waals surface area (Å²) < 4.78 is 40.0. The molecule has 1 heterocycles. The van der Waals surface area contributed by atoms with Crippen molar-refractivity contribution in [2.24, 2.45) is 0 Å². The van der Waals surface area contributed by atoms with E-state index in [1.807, 2.05) is 20.1 Å². The van der Waals surface area contributed by atoms with Gasteiger partial charge in [-0.05, 0) is 75.8 Å². The fourth-order valence-electron chi connectivity index (χ4n) is 4.06. The number of benzene rings is 2. The molecule has 1 atom stereocenters. The van der Waals surface area contributed by atoms with E-state index in [0.29, 0.717) is 22.6 Å². The summed E-state index contributed by atoms with van der Waals surface area (Å²) in [6.07, 6.45) is -1.25. The van der Waals surface area contributed by atoms with Crippen LogP contribution >= 0.6 is 11.8 Å². The zero-order chi connectivity index (χ0) is 27.5. The van der Waals surface area contributed by atoms with Crippen LogP contribution in [0.2, 0.25) is 0 Å². The van der Waals surface area contributed by atoms with Crippen molar-refractivity contribution in [1.29, 1.82) is 0 Å². The number of hydrogen-bond donors (Lipinski definition) is 2. The van der Waals surface area contributed by atoms with Gasteiger partial charge in [0.2, 0.25) is 0 Å². The molecule has 0 aliphatic rings. The Bertz CT molecular complexity index is 1300. The lowest BCUT2D eigenvalue weighted by molar-refractivity contribution is -0.141. The minimum absolute atomic E-state index is 0.255. The number of amides is 2. The average Bonchev–Trinajstić information content (AvgIpc) is 3.30. The summed E-state index contributed by atoms with van der Waals surface area (Å²) in [5, 5.41) is 9.54. The first-order chi connectivity index (χ1) is 17.2. The maximum atomic E-state index is 13.3. The number of thioether (sulfide) groups is 1. The molecule has 0 aliphatic carbocycles. The van der Waals surface area contributed by atoms with Gasteiger partial charge in [0.05, 0.1) is 17.2 Å². The molecular weight excluding hydrogens is 501 g/mol. The lowest BCUT2D eigenvalue weighted by atomic mass is 9.98. The molecule has 0 saturated heterocycles. The normalized spacial score (nSPS) is 12.8. The van der Waals surface area contributed by atoms with Crippen LogP contribution in [0.15, 0.2) is 48.7 Å². The van der Waals surface area contributed by atoms with Crippen LogP contribution in [0, 0.1) is 13.8 Å². The maximum Gasteiger partial charge on any atom is 0.435 e. The summed E-state index contributed by atoms with van der Waals surface area (Å²) in [6, 6.07) is 10.8. The molecule has 1 unspecified atom stereocenters. The van der Waals surface area contributed by atoms with Gasteiger partial charge >= 0.3 is 6.18 Å². The van der Waals surface area contributed by atoms with Gasteiger partial charge in [0.25, 0.3) is 11.8 Å². The predicted molar refractivity (Wildman–Crippen MR) is 141 cm³/mol. The van der Waals surface area contributed by atoms with Crippen molar-refractivity contribution in [3.63, 3.8) is 0 Å². The molecule has 0 aliphatic heterocycles. The second kappa shape index (κ2) is 11.0. The topological polar surface area (TPSA) is 76.0 Å². The standard InChI is InChI=1S/C27H31F3N4O2S/c1-16-8-7-9-20(23(16)25(36)32-26(4,5)15-37-6)24(35)31-21-11-10-19(14-17(21)2)18(3)34-13-12-22(33-34)27(28,29)30/h7-14,18H,15H2,1-6H3,(H,31,35)(H,32,36). The third kappa shape index (κ3) is 6.74. The monoisotopic (exact) mass is 532 g/mol. The first-order valence-corrected chi connectivity index (χ1v) is 13.1. The number of carbonyl (C=O) groups excluding carboxylic acids is 2. The molecule has 37 heavy (non-hydrogen) atoms. The van der Waals surface area contributed by atoms with Gasteiger partial charge in [-0.25, -0.2) is 0 Å². The molecule has 198 valence electrons. The van der Waals surface area contributed by atoms with Crippen LogP contribution in [0.4, 0.5) is 18.9 Å². The molecule has 0 bridgehead atoms. The highest BCUT2D eigenvalue weighted by Gasteiger charge is 2.34. The quantitative estimate of drug-likeness (QED) is 0.360. The van der Waals surface area contributed by atoms with Crippen molar-refractivity contribution in [2.45, 2.75) is 52.4 Å². The molecule has 0 radical (unpaired) electrons. The maximum absolute atomic E-state index is 13.3. The molecule has 0 fully saturated rings. The van der Waals surface area contributed by atoms with Crippen LogP contribution in [0.25, 0.3) is 0 Å². The van der Waals surface area contributed by atoms with Gasteiger partial charge in [0.1, 0.15) is 0 Å². The van der Waals surface area contributed by atoms with Crippen LogP contribution in [0.5, 0.6) is 0 Å². The number of anilines is 1. The summed E-state index contributed by atoms with van der Waals surface area (Å²) in [7, 11) is 0. The molecule has 1 aromatic heterocycles. The molecule has 2 aromatic carbocycles. The van der Waals surface area contributed by atoms with Crippen molar-refractivity contribution < 1.29 is 22.8 Å². The van der Waals surface area contributed by atoms with E-state index < -0.39 is 29.4 Å². The second-order valence-corrected chi connectivity index (χ2v) is 10.5. The van der Waals surface area contributed by atoms with Crippen LogP contribution in [-0.2, 0) is 6.18 Å². The molecule has 2 N–H and O–H groups in total. The second-order valence-electron chi connectivity index (χ2n) is 9.65. The number of alkyl halides is 3. The number of nitrogens with one attached hydrogen (secondary N) is 2. The van der Waals surface area contributed by atoms with Gasteiger partial charge in [0, 0.05) is 23.2 Å². The van der Waals surface area contributed by atoms with Crippen molar-refractivity contribution >= 4 is 29.3 Å². The zero-order valence-corrected chi connectivity index (χ0v) is 22.5. The highest BCUT2D eigenvalue weighted by atomic mass is 32.2. The van der Waals surface area contributed by atoms with Crippen LogP contribution in [0.1, 0.15) is 69.9 Å². The van der Waals surface area contributed by atoms with Crippen LogP contribution < -0.4 is 10.6 Å². The Kier molecular flexibility index (Phi) is 8.42. The largest absolute Gasteiger partial charge is 0.435 e. The van der Waals surface area contributed by atoms with Gasteiger partial charge in [-0.3, -0.25) is 14.3 Å². The van der Waals surface area contributed by atoms with Gasteiger partial charge in [-0.15, -0.1) is 0 Å². The van der Waals surface area contributed by atoms with Gasteiger partial charge in [0.15, 0.2) is 5.69 Å². The molecule has 0 spiro atoms. The number of nitrogens with zero attached hydrogens (tertiary/aromatic N) is 2. The summed E-state index contributed by atoms with van der Waals surface area (Å²) in [6.45, 7) is 9.19. The molecule has 0 saturated carbocycles. The lowest BCUT2D eigenvalue weighted by Gasteiger charge is -2.26. The van der Waals surface area contributed by atoms with E-state index in [9.17, 15) is 22.8 Å². The van der Waals surface area contributed by atoms with E-state index in [4.69, 9.17) is 0 Å². The Morgan fingerprint density at radius 2 is 1.76 bits per heavy atom. The first-order valence-electron chi connectivity index (χ1n) is 11.7. The SMILES string of the molecule is CSCC(C)(C)NC(=O)c1c(C)cccc1C(=O)Nc1ccc(C(C)n2ccc(C(F)(F)F)n2)cc1C. The summed E-state index contributed by atoms with van der Waals surface area (Å²) in [5.41, 5.74) is 1.85. The third-order valence-electron chi connectivity index (χ3n) is 5.98. The van der Waals surface area contributed by atoms with Crippen LogP contribution in [0.3, 0.4) is 0 Å². The Hall–Kier alpha value is -3.27. The molecule has 2 amide bonds. The van der Waals surface area contributed by atoms with Gasteiger partial charge in [-0.1, -0.05) is 24.3 Å². The number of carbonyl (C=O) groups is 2. The fraction of sp³-hybridized carbons (Fsp3) is 0.370. The Labute approximate surface area is 219 Å². The van der Waals surface area contributed by atoms with Crippen molar-refractivity contribution in [1.82, 2.24) is 15.1 Å². The third-order valence-corrected chi connectivity index (χ3v) is 6.99. The molecule has 3 aromatic rings. The Morgan fingerprint density at radius 3 is 2.35 bits per heavy atom.